The zero-order valence-electron chi connectivity index (χ0n) is 18.0. The van der Waals surface area contributed by atoms with E-state index in [0.717, 1.165) is 60.7 Å². The molecule has 0 unspecified atom stereocenters. The Morgan fingerprint density at radius 2 is 2.00 bits per heavy atom. The lowest BCUT2D eigenvalue weighted by molar-refractivity contribution is 0.0358. The lowest BCUT2D eigenvalue weighted by atomic mass is 10.2. The Morgan fingerprint density at radius 1 is 1.09 bits per heavy atom. The van der Waals surface area contributed by atoms with Gasteiger partial charge < -0.3 is 19.5 Å². The molecule has 1 N–H and O–H groups in total. The maximum absolute atomic E-state index is 6.12. The highest BCUT2D eigenvalue weighted by Gasteiger charge is 2.18. The van der Waals surface area contributed by atoms with Crippen LogP contribution in [0.25, 0.3) is 0 Å². The first-order valence-electron chi connectivity index (χ1n) is 10.9. The molecule has 3 heterocycles. The number of hydrogen-bond acceptors (Lipinski definition) is 8. The van der Waals surface area contributed by atoms with Crippen LogP contribution in [0.15, 0.2) is 58.3 Å². The fraction of sp³-hybridized carbons (Fsp3) is 0.292. The monoisotopic (exact) mass is 509 g/mol. The second kappa shape index (κ2) is 10.3. The first-order chi connectivity index (χ1) is 16.2. The summed E-state index contributed by atoms with van der Waals surface area (Å²) in [5.41, 5.74) is 2.28. The van der Waals surface area contributed by atoms with E-state index in [1.165, 1.54) is 6.33 Å². The highest BCUT2D eigenvalue weighted by atomic mass is 79.9. The molecule has 0 spiro atoms. The molecule has 1 fully saturated rings. The summed E-state index contributed by atoms with van der Waals surface area (Å²) in [7, 11) is 0. The minimum Gasteiger partial charge on any atom is -0.493 e. The van der Waals surface area contributed by atoms with E-state index < -0.39 is 0 Å². The maximum Gasteiger partial charge on any atom is 0.250 e. The fourth-order valence-corrected chi connectivity index (χ4v) is 4.09. The molecule has 1 aromatic heterocycles. The number of halogens is 1. The summed E-state index contributed by atoms with van der Waals surface area (Å²) in [6.07, 6.45) is 4.19. The minimum atomic E-state index is 0.391. The molecule has 0 amide bonds. The Labute approximate surface area is 200 Å². The molecule has 0 atom stereocenters. The van der Waals surface area contributed by atoms with Gasteiger partial charge >= 0.3 is 0 Å². The average molecular weight is 510 g/mol. The van der Waals surface area contributed by atoms with Crippen LogP contribution in [0.5, 0.6) is 17.4 Å². The molecule has 8 nitrogen and oxygen atoms in total. The summed E-state index contributed by atoms with van der Waals surface area (Å²) >= 11 is 3.49. The molecular weight excluding hydrogens is 486 g/mol. The lowest BCUT2D eigenvalue weighted by Crippen LogP contribution is -2.37. The van der Waals surface area contributed by atoms with Crippen LogP contribution in [0.1, 0.15) is 12.0 Å². The second-order valence-electron chi connectivity index (χ2n) is 7.73. The van der Waals surface area contributed by atoms with Crippen molar-refractivity contribution in [1.82, 2.24) is 14.9 Å². The van der Waals surface area contributed by atoms with Crippen molar-refractivity contribution >= 4 is 39.3 Å². The Balaban J connectivity index is 1.26. The first kappa shape index (κ1) is 21.8. The van der Waals surface area contributed by atoms with E-state index in [1.54, 1.807) is 6.21 Å². The van der Waals surface area contributed by atoms with Crippen molar-refractivity contribution < 1.29 is 14.2 Å². The van der Waals surface area contributed by atoms with E-state index in [2.05, 4.69) is 41.1 Å². The minimum absolute atomic E-state index is 0.391. The van der Waals surface area contributed by atoms with E-state index in [1.807, 2.05) is 42.5 Å². The summed E-state index contributed by atoms with van der Waals surface area (Å²) in [5.74, 6) is 2.37. The molecule has 0 aliphatic carbocycles. The molecule has 9 heteroatoms. The zero-order chi connectivity index (χ0) is 22.5. The van der Waals surface area contributed by atoms with Gasteiger partial charge in [0.1, 0.15) is 17.8 Å². The van der Waals surface area contributed by atoms with Crippen molar-refractivity contribution in [1.29, 1.82) is 0 Å². The predicted octanol–water partition coefficient (Wildman–Crippen LogP) is 4.94. The SMILES string of the molecule is Brc1cccc(Nc2ncnc3c2N=Cc2ccc(OCCCN4CCOCC4)cc2O3)c1. The molecule has 2 aliphatic heterocycles. The highest BCUT2D eigenvalue weighted by molar-refractivity contribution is 9.10. The van der Waals surface area contributed by atoms with Gasteiger partial charge in [-0.1, -0.05) is 22.0 Å². The van der Waals surface area contributed by atoms with Gasteiger partial charge in [-0.05, 0) is 36.8 Å². The fourth-order valence-electron chi connectivity index (χ4n) is 3.69. The standard InChI is InChI=1S/C24H24BrN5O3/c25-18-3-1-4-19(13-18)29-23-22-24(28-16-27-23)33-21-14-20(6-5-17(21)15-26-22)32-10-2-7-30-8-11-31-12-9-30/h1,3-6,13-16H,2,7-12H2,(H,27,28,29). The van der Waals surface area contributed by atoms with Gasteiger partial charge in [-0.15, -0.1) is 0 Å². The third kappa shape index (κ3) is 5.50. The van der Waals surface area contributed by atoms with E-state index >= 15 is 0 Å². The van der Waals surface area contributed by atoms with Gasteiger partial charge in [-0.3, -0.25) is 4.90 Å². The Morgan fingerprint density at radius 3 is 2.88 bits per heavy atom. The van der Waals surface area contributed by atoms with Crippen LogP contribution in [0.2, 0.25) is 0 Å². The number of aromatic nitrogens is 2. The van der Waals surface area contributed by atoms with Gasteiger partial charge in [0.15, 0.2) is 11.5 Å². The molecule has 0 saturated carbocycles. The van der Waals surface area contributed by atoms with E-state index in [9.17, 15) is 0 Å². The Bertz CT molecular complexity index is 1150. The summed E-state index contributed by atoms with van der Waals surface area (Å²) < 4.78 is 18.5. The summed E-state index contributed by atoms with van der Waals surface area (Å²) in [6, 6.07) is 13.6. The van der Waals surface area contributed by atoms with Gasteiger partial charge in [0.05, 0.1) is 19.8 Å². The van der Waals surface area contributed by atoms with Crippen LogP contribution in [0, 0.1) is 0 Å². The molecule has 2 aromatic carbocycles. The number of anilines is 2. The number of nitrogens with one attached hydrogen (secondary N) is 1. The third-order valence-electron chi connectivity index (χ3n) is 5.39. The molecule has 0 radical (unpaired) electrons. The molecule has 3 aromatic rings. The number of ether oxygens (including phenoxy) is 3. The highest BCUT2D eigenvalue weighted by Crippen LogP contribution is 2.40. The van der Waals surface area contributed by atoms with E-state index in [4.69, 9.17) is 14.2 Å². The number of benzene rings is 2. The van der Waals surface area contributed by atoms with Crippen molar-refractivity contribution in [2.75, 3.05) is 44.8 Å². The third-order valence-corrected chi connectivity index (χ3v) is 5.88. The number of aliphatic imine (C=N–C) groups is 1. The van der Waals surface area contributed by atoms with Crippen LogP contribution >= 0.6 is 15.9 Å². The van der Waals surface area contributed by atoms with Gasteiger partial charge in [0.25, 0.3) is 5.88 Å². The Hall–Kier alpha value is -3.01. The molecule has 5 rings (SSSR count). The number of fused-ring (bicyclic) bond motifs is 2. The topological polar surface area (TPSA) is 81.1 Å². The lowest BCUT2D eigenvalue weighted by Gasteiger charge is -2.26. The molecule has 33 heavy (non-hydrogen) atoms. The largest absolute Gasteiger partial charge is 0.493 e. The van der Waals surface area contributed by atoms with Crippen molar-refractivity contribution in [3.63, 3.8) is 0 Å². The summed E-state index contributed by atoms with van der Waals surface area (Å²) in [5, 5.41) is 3.29. The summed E-state index contributed by atoms with van der Waals surface area (Å²) in [4.78, 5) is 15.7. The number of nitrogens with zero attached hydrogens (tertiary/aromatic N) is 4. The second-order valence-corrected chi connectivity index (χ2v) is 8.64. The van der Waals surface area contributed by atoms with Crippen LogP contribution in [-0.2, 0) is 4.74 Å². The number of morpholine rings is 1. The van der Waals surface area contributed by atoms with Crippen LogP contribution in [0.4, 0.5) is 17.2 Å². The smallest absolute Gasteiger partial charge is 0.250 e. The van der Waals surface area contributed by atoms with Crippen LogP contribution < -0.4 is 14.8 Å². The number of hydrogen-bond donors (Lipinski definition) is 1. The molecule has 1 saturated heterocycles. The van der Waals surface area contributed by atoms with Crippen LogP contribution in [0.3, 0.4) is 0 Å². The average Bonchev–Trinajstić information content (AvgIpc) is 3.02. The molecule has 0 bridgehead atoms. The Kier molecular flexibility index (Phi) is 6.80. The van der Waals surface area contributed by atoms with Crippen molar-refractivity contribution in [2.45, 2.75) is 6.42 Å². The van der Waals surface area contributed by atoms with Gasteiger partial charge in [0.2, 0.25) is 0 Å². The van der Waals surface area contributed by atoms with Gasteiger partial charge in [-0.25, -0.2) is 9.98 Å². The van der Waals surface area contributed by atoms with Gasteiger partial charge in [0, 0.05) is 47.6 Å². The van der Waals surface area contributed by atoms with Gasteiger partial charge in [-0.2, -0.15) is 4.98 Å². The molecule has 2 aliphatic rings. The summed E-state index contributed by atoms with van der Waals surface area (Å²) in [6.45, 7) is 5.27. The normalized spacial score (nSPS) is 15.2. The quantitative estimate of drug-likeness (QED) is 0.353. The number of rotatable bonds is 7. The van der Waals surface area contributed by atoms with E-state index in [0.29, 0.717) is 29.7 Å². The van der Waals surface area contributed by atoms with Crippen molar-refractivity contribution in [3.05, 3.63) is 58.8 Å². The van der Waals surface area contributed by atoms with Crippen molar-refractivity contribution in [3.8, 4) is 17.4 Å². The maximum atomic E-state index is 6.12. The van der Waals surface area contributed by atoms with Crippen LogP contribution in [-0.4, -0.2) is 60.5 Å². The molecular formula is C24H24BrN5O3. The molecule has 170 valence electrons. The van der Waals surface area contributed by atoms with E-state index in [-0.39, 0.29) is 0 Å². The zero-order valence-corrected chi connectivity index (χ0v) is 19.6. The van der Waals surface area contributed by atoms with Crippen molar-refractivity contribution in [2.24, 2.45) is 4.99 Å². The first-order valence-corrected chi connectivity index (χ1v) is 11.7. The predicted molar refractivity (Wildman–Crippen MR) is 131 cm³/mol.